The van der Waals surface area contributed by atoms with Crippen LogP contribution in [0.15, 0.2) is 11.6 Å². The lowest BCUT2D eigenvalue weighted by Gasteiger charge is -2.57. The van der Waals surface area contributed by atoms with Gasteiger partial charge in [-0.25, -0.2) is 0 Å². The Labute approximate surface area is 170 Å². The summed E-state index contributed by atoms with van der Waals surface area (Å²) < 4.78 is 17.8. The van der Waals surface area contributed by atoms with E-state index in [1.54, 1.807) is 13.8 Å². The van der Waals surface area contributed by atoms with Gasteiger partial charge in [0.25, 0.3) is 0 Å². The van der Waals surface area contributed by atoms with Gasteiger partial charge >= 0.3 is 0 Å². The molecule has 29 heavy (non-hydrogen) atoms. The van der Waals surface area contributed by atoms with Crippen molar-refractivity contribution >= 4 is 5.78 Å². The number of hydrogen-bond donors (Lipinski definition) is 3. The van der Waals surface area contributed by atoms with E-state index in [2.05, 4.69) is 0 Å². The maximum Gasteiger partial charge on any atom is 0.202 e. The van der Waals surface area contributed by atoms with Gasteiger partial charge in [0, 0.05) is 22.8 Å². The van der Waals surface area contributed by atoms with Crippen LogP contribution in [0.2, 0.25) is 0 Å². The van der Waals surface area contributed by atoms with Crippen LogP contribution in [0.4, 0.5) is 0 Å². The Balaban J connectivity index is 1.55. The summed E-state index contributed by atoms with van der Waals surface area (Å²) in [6.07, 6.45) is 1.32. The first-order chi connectivity index (χ1) is 13.4. The van der Waals surface area contributed by atoms with Gasteiger partial charge in [0.1, 0.15) is 18.3 Å². The number of rotatable bonds is 3. The molecule has 3 heterocycles. The van der Waals surface area contributed by atoms with E-state index in [1.165, 1.54) is 0 Å². The molecular formula is C22H30O7. The van der Waals surface area contributed by atoms with E-state index in [0.29, 0.717) is 24.8 Å². The molecule has 0 aromatic carbocycles. The second-order valence-electron chi connectivity index (χ2n) is 11.2. The molecule has 0 radical (unpaired) electrons. The van der Waals surface area contributed by atoms with E-state index in [9.17, 15) is 20.1 Å². The molecule has 2 saturated carbocycles. The SMILES string of the molecule is CC(C)(O)CC[C@@]12C3C[C@@H]4O[C@@H]4[C@]1(O)OC(C)(C)[C@H]2C=C1C(=O)[C@H]2O[C@H]2[C@H](O)[C@H]13. The minimum atomic E-state index is -1.51. The molecule has 0 bridgehead atoms. The van der Waals surface area contributed by atoms with Crippen LogP contribution in [-0.4, -0.2) is 68.6 Å². The molecule has 1 unspecified atom stereocenters. The third-order valence-corrected chi connectivity index (χ3v) is 8.57. The van der Waals surface area contributed by atoms with Crippen molar-refractivity contribution < 1.29 is 34.3 Å². The summed E-state index contributed by atoms with van der Waals surface area (Å²) in [5.74, 6) is -2.36. The summed E-state index contributed by atoms with van der Waals surface area (Å²) >= 11 is 0. The average Bonchev–Trinajstić information content (AvgIpc) is 3.48. The Morgan fingerprint density at radius 1 is 1.28 bits per heavy atom. The monoisotopic (exact) mass is 406 g/mol. The maximum atomic E-state index is 13.0. The van der Waals surface area contributed by atoms with E-state index >= 15 is 0 Å². The van der Waals surface area contributed by atoms with E-state index in [0.717, 1.165) is 0 Å². The molecule has 0 amide bonds. The summed E-state index contributed by atoms with van der Waals surface area (Å²) in [4.78, 5) is 13.0. The highest BCUT2D eigenvalue weighted by atomic mass is 16.7. The van der Waals surface area contributed by atoms with Crippen LogP contribution in [-0.2, 0) is 19.0 Å². The molecule has 7 nitrogen and oxygen atoms in total. The van der Waals surface area contributed by atoms with Crippen molar-refractivity contribution in [3.8, 4) is 0 Å². The second-order valence-corrected chi connectivity index (χ2v) is 11.2. The van der Waals surface area contributed by atoms with Gasteiger partial charge in [-0.05, 0) is 52.9 Å². The molecule has 0 aromatic heterocycles. The summed E-state index contributed by atoms with van der Waals surface area (Å²) in [6, 6.07) is 0. The zero-order valence-electron chi connectivity index (χ0n) is 17.3. The third kappa shape index (κ3) is 2.16. The van der Waals surface area contributed by atoms with Gasteiger partial charge in [-0.2, -0.15) is 0 Å². The van der Waals surface area contributed by atoms with Gasteiger partial charge in [-0.3, -0.25) is 4.79 Å². The molecule has 3 aliphatic carbocycles. The van der Waals surface area contributed by atoms with Crippen LogP contribution in [0.5, 0.6) is 0 Å². The maximum absolute atomic E-state index is 13.0. The van der Waals surface area contributed by atoms with Crippen LogP contribution in [0.25, 0.3) is 0 Å². The fourth-order valence-corrected chi connectivity index (χ4v) is 7.34. The van der Waals surface area contributed by atoms with Crippen LogP contribution in [0, 0.1) is 23.2 Å². The Morgan fingerprint density at radius 3 is 2.69 bits per heavy atom. The molecular weight excluding hydrogens is 376 g/mol. The number of aliphatic hydroxyl groups excluding tert-OH is 1. The van der Waals surface area contributed by atoms with Gasteiger partial charge in [0.05, 0.1) is 23.4 Å². The van der Waals surface area contributed by atoms with E-state index in [1.807, 2.05) is 19.9 Å². The lowest BCUT2D eigenvalue weighted by molar-refractivity contribution is -0.287. The number of ether oxygens (including phenoxy) is 3. The quantitative estimate of drug-likeness (QED) is 0.591. The first kappa shape index (κ1) is 18.9. The summed E-state index contributed by atoms with van der Waals surface area (Å²) in [7, 11) is 0. The van der Waals surface area contributed by atoms with Gasteiger partial charge in [0.2, 0.25) is 5.79 Å². The highest BCUT2D eigenvalue weighted by molar-refractivity contribution is 6.03. The Morgan fingerprint density at radius 2 is 2.00 bits per heavy atom. The average molecular weight is 406 g/mol. The molecule has 0 spiro atoms. The van der Waals surface area contributed by atoms with Gasteiger partial charge < -0.3 is 29.5 Å². The summed E-state index contributed by atoms with van der Waals surface area (Å²) in [5.41, 5.74) is -1.73. The van der Waals surface area contributed by atoms with Crippen molar-refractivity contribution in [1.29, 1.82) is 0 Å². The highest BCUT2D eigenvalue weighted by Crippen LogP contribution is 2.73. The Kier molecular flexibility index (Phi) is 3.35. The van der Waals surface area contributed by atoms with Crippen molar-refractivity contribution in [2.75, 3.05) is 0 Å². The van der Waals surface area contributed by atoms with Crippen molar-refractivity contribution in [2.45, 2.75) is 94.5 Å². The van der Waals surface area contributed by atoms with Crippen LogP contribution < -0.4 is 0 Å². The smallest absolute Gasteiger partial charge is 0.202 e. The van der Waals surface area contributed by atoms with E-state index in [4.69, 9.17) is 14.2 Å². The molecule has 3 N–H and O–H groups in total. The lowest BCUT2D eigenvalue weighted by atomic mass is 9.45. The number of ketones is 1. The first-order valence-corrected chi connectivity index (χ1v) is 10.8. The van der Waals surface area contributed by atoms with Crippen LogP contribution >= 0.6 is 0 Å². The fraction of sp³-hybridized carbons (Fsp3) is 0.864. The van der Waals surface area contributed by atoms with Crippen molar-refractivity contribution in [1.82, 2.24) is 0 Å². The molecule has 0 aromatic rings. The minimum absolute atomic E-state index is 0.0357. The lowest BCUT2D eigenvalue weighted by Crippen LogP contribution is -2.65. The second kappa shape index (κ2) is 5.14. The first-order valence-electron chi connectivity index (χ1n) is 10.8. The number of carbonyl (C=O) groups is 1. The number of carbonyl (C=O) groups excluding carboxylic acids is 1. The normalized spacial score (nSPS) is 56.0. The fourth-order valence-electron chi connectivity index (χ4n) is 7.34. The number of Topliss-reactive ketones (excluding diaryl/α,β-unsaturated/α-hetero) is 1. The number of fused-ring (bicyclic) bond motifs is 5. The van der Waals surface area contributed by atoms with Crippen molar-refractivity contribution in [3.63, 3.8) is 0 Å². The van der Waals surface area contributed by atoms with E-state index < -0.39 is 52.7 Å². The number of epoxide rings is 2. The molecule has 3 saturated heterocycles. The number of aliphatic hydroxyl groups is 3. The van der Waals surface area contributed by atoms with Crippen molar-refractivity contribution in [3.05, 3.63) is 11.6 Å². The third-order valence-electron chi connectivity index (χ3n) is 8.57. The molecule has 10 atom stereocenters. The summed E-state index contributed by atoms with van der Waals surface area (Å²) in [5, 5.41) is 33.6. The molecule has 3 aliphatic heterocycles. The minimum Gasteiger partial charge on any atom is -0.390 e. The van der Waals surface area contributed by atoms with Crippen molar-refractivity contribution in [2.24, 2.45) is 23.2 Å². The van der Waals surface area contributed by atoms with Gasteiger partial charge in [-0.1, -0.05) is 6.08 Å². The van der Waals surface area contributed by atoms with Gasteiger partial charge in [0.15, 0.2) is 5.78 Å². The molecule has 160 valence electrons. The highest BCUT2D eigenvalue weighted by Gasteiger charge is 2.82. The van der Waals surface area contributed by atoms with Gasteiger partial charge in [-0.15, -0.1) is 0 Å². The van der Waals surface area contributed by atoms with Crippen LogP contribution in [0.3, 0.4) is 0 Å². The zero-order chi connectivity index (χ0) is 20.7. The van der Waals surface area contributed by atoms with E-state index in [-0.39, 0.29) is 23.7 Å². The predicted molar refractivity (Wildman–Crippen MR) is 99.6 cm³/mol. The topological polar surface area (TPSA) is 112 Å². The largest absolute Gasteiger partial charge is 0.390 e. The standard InChI is InChI=1S/C22H30O7/c1-19(2,25)5-6-21-10-8-11-18(27-11)22(21,26)29-20(3,4)12(21)7-9-13(10)15(24)17-16(28-17)14(9)23/h7,10-13,15-18,24-26H,5-6,8H2,1-4H3/t10?,11-,12+,13+,15+,16+,17-,18-,21-,22-/m0/s1. The summed E-state index contributed by atoms with van der Waals surface area (Å²) in [6.45, 7) is 7.43. The Hall–Kier alpha value is -0.830. The molecule has 6 rings (SSSR count). The molecule has 7 heteroatoms. The van der Waals surface area contributed by atoms with Crippen LogP contribution in [0.1, 0.15) is 47.0 Å². The zero-order valence-corrected chi connectivity index (χ0v) is 17.3. The number of hydrogen-bond acceptors (Lipinski definition) is 7. The Bertz CT molecular complexity index is 828. The molecule has 5 fully saturated rings. The molecule has 6 aliphatic rings. The predicted octanol–water partition coefficient (Wildman–Crippen LogP) is 0.692.